The molecule has 9 nitrogen and oxygen atoms in total. The Bertz CT molecular complexity index is 1020. The van der Waals surface area contributed by atoms with Crippen LogP contribution in [-0.4, -0.2) is 51.3 Å². The van der Waals surface area contributed by atoms with E-state index in [1.54, 1.807) is 6.92 Å². The van der Waals surface area contributed by atoms with Crippen molar-refractivity contribution in [3.05, 3.63) is 42.0 Å². The van der Waals surface area contributed by atoms with Gasteiger partial charge < -0.3 is 9.47 Å². The number of methoxy groups -OCH3 is 2. The van der Waals surface area contributed by atoms with Crippen LogP contribution in [0.3, 0.4) is 0 Å². The lowest BCUT2D eigenvalue weighted by atomic mass is 10.3. The first kappa shape index (κ1) is 20.7. The minimum absolute atomic E-state index is 0.0316. The van der Waals surface area contributed by atoms with Crippen molar-refractivity contribution in [1.29, 1.82) is 0 Å². The summed E-state index contributed by atoms with van der Waals surface area (Å²) in [6.45, 7) is 1.68. The molecular formula is C17H16FN5O4S2. The molecule has 2 heterocycles. The fourth-order valence-corrected chi connectivity index (χ4v) is 4.14. The van der Waals surface area contributed by atoms with Gasteiger partial charge in [0.1, 0.15) is 11.1 Å². The van der Waals surface area contributed by atoms with Crippen molar-refractivity contribution >= 4 is 40.1 Å². The summed E-state index contributed by atoms with van der Waals surface area (Å²) >= 11 is 2.29. The van der Waals surface area contributed by atoms with Gasteiger partial charge in [-0.25, -0.2) is 9.07 Å². The first-order valence-electron chi connectivity index (χ1n) is 8.20. The molecule has 0 radical (unpaired) electrons. The highest BCUT2D eigenvalue weighted by molar-refractivity contribution is 8.02. The molecule has 0 aliphatic carbocycles. The van der Waals surface area contributed by atoms with Crippen LogP contribution in [0.1, 0.15) is 17.4 Å². The number of carbonyl (C=O) groups excluding carboxylic acids is 2. The third-order valence-electron chi connectivity index (χ3n) is 3.64. The molecular weight excluding hydrogens is 421 g/mol. The molecule has 0 saturated heterocycles. The number of benzene rings is 1. The second-order valence-corrected chi connectivity index (χ2v) is 8.14. The van der Waals surface area contributed by atoms with Crippen LogP contribution < -0.4 is 10.1 Å². The normalized spacial score (nSPS) is 11.7. The Kier molecular flexibility index (Phi) is 6.44. The second-order valence-electron chi connectivity index (χ2n) is 5.58. The summed E-state index contributed by atoms with van der Waals surface area (Å²) in [6, 6.07) is 5.64. The van der Waals surface area contributed by atoms with Crippen molar-refractivity contribution in [1.82, 2.24) is 20.0 Å². The fraction of sp³-hybridized carbons (Fsp3) is 0.235. The van der Waals surface area contributed by atoms with E-state index in [4.69, 9.17) is 4.74 Å². The average Bonchev–Trinajstić information content (AvgIpc) is 3.34. The summed E-state index contributed by atoms with van der Waals surface area (Å²) in [5.74, 6) is -1.06. The molecule has 2 aromatic heterocycles. The van der Waals surface area contributed by atoms with Crippen LogP contribution in [0.15, 0.2) is 34.8 Å². The van der Waals surface area contributed by atoms with Crippen molar-refractivity contribution in [2.24, 2.45) is 0 Å². The predicted molar refractivity (Wildman–Crippen MR) is 105 cm³/mol. The number of aromatic nitrogens is 4. The molecule has 1 aromatic carbocycles. The van der Waals surface area contributed by atoms with Crippen LogP contribution in [0.25, 0.3) is 5.69 Å². The van der Waals surface area contributed by atoms with E-state index in [9.17, 15) is 14.0 Å². The minimum atomic E-state index is -0.545. The Morgan fingerprint density at radius 1 is 1.24 bits per heavy atom. The number of rotatable bonds is 7. The SMILES string of the molecule is COC(=O)C(C)Sc1nnc(NC(=O)c2nn(-c3ccc(F)cc3)cc2OC)s1. The Labute approximate surface area is 173 Å². The maximum absolute atomic E-state index is 13.1. The monoisotopic (exact) mass is 437 g/mol. The molecule has 0 aliphatic heterocycles. The molecule has 3 aromatic rings. The molecule has 1 amide bonds. The number of thioether (sulfide) groups is 1. The number of nitrogens with one attached hydrogen (secondary N) is 1. The minimum Gasteiger partial charge on any atom is -0.493 e. The van der Waals surface area contributed by atoms with E-state index >= 15 is 0 Å². The van der Waals surface area contributed by atoms with Gasteiger partial charge in [0.05, 0.1) is 26.1 Å². The van der Waals surface area contributed by atoms with Crippen molar-refractivity contribution in [2.75, 3.05) is 19.5 Å². The van der Waals surface area contributed by atoms with Gasteiger partial charge in [-0.15, -0.1) is 10.2 Å². The summed E-state index contributed by atoms with van der Waals surface area (Å²) < 4.78 is 24.9. The molecule has 0 spiro atoms. The molecule has 0 saturated carbocycles. The summed E-state index contributed by atoms with van der Waals surface area (Å²) in [4.78, 5) is 24.1. The number of halogens is 1. The maximum atomic E-state index is 13.1. The van der Waals surface area contributed by atoms with Gasteiger partial charge in [0.15, 0.2) is 15.8 Å². The zero-order valence-corrected chi connectivity index (χ0v) is 17.2. The highest BCUT2D eigenvalue weighted by Crippen LogP contribution is 2.30. The van der Waals surface area contributed by atoms with Gasteiger partial charge in [0, 0.05) is 0 Å². The van der Waals surface area contributed by atoms with Gasteiger partial charge in [0.2, 0.25) is 5.13 Å². The number of carbonyl (C=O) groups is 2. The highest BCUT2D eigenvalue weighted by atomic mass is 32.2. The summed E-state index contributed by atoms with van der Waals surface area (Å²) in [7, 11) is 2.72. The molecule has 1 N–H and O–H groups in total. The van der Waals surface area contributed by atoms with Crippen LogP contribution >= 0.6 is 23.1 Å². The van der Waals surface area contributed by atoms with Gasteiger partial charge in [-0.1, -0.05) is 23.1 Å². The average molecular weight is 437 g/mol. The fourth-order valence-electron chi connectivity index (χ4n) is 2.22. The summed E-state index contributed by atoms with van der Waals surface area (Å²) in [6.07, 6.45) is 1.52. The maximum Gasteiger partial charge on any atom is 0.318 e. The quantitative estimate of drug-likeness (QED) is 0.342. The van der Waals surface area contributed by atoms with Gasteiger partial charge in [0.25, 0.3) is 5.91 Å². The van der Waals surface area contributed by atoms with Crippen LogP contribution in [0.4, 0.5) is 9.52 Å². The second kappa shape index (κ2) is 9.01. The predicted octanol–water partition coefficient (Wildman–Crippen LogP) is 2.78. The first-order valence-corrected chi connectivity index (χ1v) is 9.89. The Morgan fingerprint density at radius 2 is 1.97 bits per heavy atom. The number of anilines is 1. The molecule has 0 bridgehead atoms. The van der Waals surface area contributed by atoms with Gasteiger partial charge in [-0.05, 0) is 31.2 Å². The van der Waals surface area contributed by atoms with Crippen molar-refractivity contribution in [3.63, 3.8) is 0 Å². The smallest absolute Gasteiger partial charge is 0.318 e. The van der Waals surface area contributed by atoms with E-state index in [1.165, 1.54) is 61.1 Å². The number of hydrogen-bond donors (Lipinski definition) is 1. The van der Waals surface area contributed by atoms with E-state index in [2.05, 4.69) is 25.3 Å². The molecule has 12 heteroatoms. The molecule has 1 atom stereocenters. The van der Waals surface area contributed by atoms with E-state index in [-0.39, 0.29) is 28.4 Å². The van der Waals surface area contributed by atoms with Crippen LogP contribution in [0.2, 0.25) is 0 Å². The van der Waals surface area contributed by atoms with Crippen molar-refractivity contribution in [3.8, 4) is 11.4 Å². The zero-order valence-electron chi connectivity index (χ0n) is 15.6. The number of hydrogen-bond acceptors (Lipinski definition) is 9. The standard InChI is InChI=1S/C17H16FN5O4S2/c1-9(15(25)27-3)28-17-21-20-16(29-17)19-14(24)13-12(26-2)8-23(22-13)11-6-4-10(18)5-7-11/h4-9H,1-3H3,(H,19,20,24). The summed E-state index contributed by atoms with van der Waals surface area (Å²) in [5, 5.41) is 14.4. The van der Waals surface area contributed by atoms with Crippen LogP contribution in [-0.2, 0) is 9.53 Å². The molecule has 152 valence electrons. The Morgan fingerprint density at radius 3 is 2.62 bits per heavy atom. The third kappa shape index (κ3) is 4.90. The van der Waals surface area contributed by atoms with Gasteiger partial charge >= 0.3 is 5.97 Å². The van der Waals surface area contributed by atoms with E-state index < -0.39 is 11.2 Å². The molecule has 29 heavy (non-hydrogen) atoms. The van der Waals surface area contributed by atoms with Crippen LogP contribution in [0.5, 0.6) is 5.75 Å². The van der Waals surface area contributed by atoms with Gasteiger partial charge in [-0.2, -0.15) is 5.10 Å². The lowest BCUT2D eigenvalue weighted by Gasteiger charge is -2.04. The zero-order chi connectivity index (χ0) is 21.0. The lowest BCUT2D eigenvalue weighted by molar-refractivity contribution is -0.139. The van der Waals surface area contributed by atoms with E-state index in [0.29, 0.717) is 10.0 Å². The third-order valence-corrected chi connectivity index (χ3v) is 5.65. The first-order chi connectivity index (χ1) is 13.9. The Balaban J connectivity index is 1.74. The highest BCUT2D eigenvalue weighted by Gasteiger charge is 2.21. The van der Waals surface area contributed by atoms with E-state index in [0.717, 1.165) is 11.3 Å². The number of amides is 1. The van der Waals surface area contributed by atoms with Gasteiger partial charge in [-0.3, -0.25) is 14.9 Å². The number of ether oxygens (including phenoxy) is 2. The lowest BCUT2D eigenvalue weighted by Crippen LogP contribution is -2.14. The Hall–Kier alpha value is -2.99. The topological polar surface area (TPSA) is 108 Å². The van der Waals surface area contributed by atoms with Crippen molar-refractivity contribution in [2.45, 2.75) is 16.5 Å². The number of esters is 1. The van der Waals surface area contributed by atoms with E-state index in [1.807, 2.05) is 0 Å². The molecule has 3 rings (SSSR count). The van der Waals surface area contributed by atoms with Crippen molar-refractivity contribution < 1.29 is 23.5 Å². The molecule has 1 unspecified atom stereocenters. The number of nitrogens with zero attached hydrogens (tertiary/aromatic N) is 4. The largest absolute Gasteiger partial charge is 0.493 e. The molecule has 0 aliphatic rings. The summed E-state index contributed by atoms with van der Waals surface area (Å²) in [5.41, 5.74) is 0.597. The van der Waals surface area contributed by atoms with Crippen LogP contribution in [0, 0.1) is 5.82 Å². The molecule has 0 fully saturated rings.